The van der Waals surface area contributed by atoms with Crippen LogP contribution in [-0.2, 0) is 4.74 Å². The fourth-order valence-corrected chi connectivity index (χ4v) is 13.6. The average Bonchev–Trinajstić information content (AvgIpc) is 2.94. The van der Waals surface area contributed by atoms with Gasteiger partial charge in [-0.25, -0.2) is 0 Å². The normalized spacial score (nSPS) is 44.6. The van der Waals surface area contributed by atoms with E-state index in [0.717, 1.165) is 91.2 Å². The summed E-state index contributed by atoms with van der Waals surface area (Å²) >= 11 is 0. The van der Waals surface area contributed by atoms with Crippen LogP contribution >= 0.6 is 0 Å². The van der Waals surface area contributed by atoms with Gasteiger partial charge in [-0.3, -0.25) is 0 Å². The highest BCUT2D eigenvalue weighted by atomic mass is 16.5. The van der Waals surface area contributed by atoms with Crippen LogP contribution in [0, 0.1) is 81.3 Å². The van der Waals surface area contributed by atoms with E-state index < -0.39 is 0 Å². The molecule has 4 nitrogen and oxygen atoms in total. The lowest BCUT2D eigenvalue weighted by Gasteiger charge is -2.65. The predicted octanol–water partition coefficient (Wildman–Crippen LogP) is 7.89. The molecule has 7 aliphatic rings. The molecule has 4 heteroatoms. The van der Waals surface area contributed by atoms with Crippen LogP contribution in [0.15, 0.2) is 0 Å². The summed E-state index contributed by atoms with van der Waals surface area (Å²) in [6, 6.07) is 0. The Morgan fingerprint density at radius 3 is 2.07 bits per heavy atom. The molecule has 0 radical (unpaired) electrons. The Morgan fingerprint density at radius 2 is 1.48 bits per heavy atom. The van der Waals surface area contributed by atoms with Crippen molar-refractivity contribution in [1.29, 1.82) is 0 Å². The Kier molecular flexibility index (Phi) is 9.11. The topological polar surface area (TPSA) is 44.7 Å². The summed E-state index contributed by atoms with van der Waals surface area (Å²) in [6.45, 7) is 20.3. The first-order valence-corrected chi connectivity index (χ1v) is 19.7. The van der Waals surface area contributed by atoms with Crippen molar-refractivity contribution in [2.45, 2.75) is 124 Å². The molecule has 3 aliphatic heterocycles. The van der Waals surface area contributed by atoms with Gasteiger partial charge in [0.2, 0.25) is 0 Å². The Balaban J connectivity index is 1.07. The number of hydrogen-bond acceptors (Lipinski definition) is 4. The highest BCUT2D eigenvalue weighted by Gasteiger charge is 2.61. The van der Waals surface area contributed by atoms with Crippen molar-refractivity contribution in [3.05, 3.63) is 0 Å². The number of rotatable bonds is 7. The number of hydrogen-bond donors (Lipinski definition) is 2. The lowest BCUT2D eigenvalue weighted by atomic mass is 9.44. The average molecular weight is 611 g/mol. The monoisotopic (exact) mass is 611 g/mol. The molecule has 9 unspecified atom stereocenters. The molecule has 4 saturated carbocycles. The van der Waals surface area contributed by atoms with E-state index in [-0.39, 0.29) is 6.10 Å². The minimum absolute atomic E-state index is 0.0305. The zero-order valence-electron chi connectivity index (χ0n) is 29.7. The van der Waals surface area contributed by atoms with E-state index in [0.29, 0.717) is 16.2 Å². The van der Waals surface area contributed by atoms with E-state index in [1.54, 1.807) is 0 Å². The number of aliphatic hydroxyl groups excluding tert-OH is 1. The quantitative estimate of drug-likeness (QED) is 0.308. The molecule has 3 spiro atoms. The Morgan fingerprint density at radius 1 is 0.795 bits per heavy atom. The minimum Gasteiger partial charge on any atom is -0.393 e. The number of nitrogens with zero attached hydrogens (tertiary/aromatic N) is 1. The lowest BCUT2D eigenvalue weighted by molar-refractivity contribution is -0.213. The number of aliphatic hydroxyl groups is 1. The maximum Gasteiger partial charge on any atom is 0.0547 e. The van der Waals surface area contributed by atoms with Gasteiger partial charge in [0, 0.05) is 31.6 Å². The maximum atomic E-state index is 10.1. The van der Waals surface area contributed by atoms with Crippen LogP contribution < -0.4 is 5.32 Å². The Bertz CT molecular complexity index is 974. The van der Waals surface area contributed by atoms with Crippen molar-refractivity contribution in [1.82, 2.24) is 10.2 Å². The highest BCUT2D eigenvalue weighted by Crippen LogP contribution is 2.64. The molecular weight excluding hydrogens is 540 g/mol. The molecule has 252 valence electrons. The molecule has 0 amide bonds. The summed E-state index contributed by atoms with van der Waals surface area (Å²) in [6.07, 6.45) is 17.7. The molecule has 3 heterocycles. The summed E-state index contributed by atoms with van der Waals surface area (Å²) in [5, 5.41) is 13.9. The van der Waals surface area contributed by atoms with E-state index in [1.165, 1.54) is 96.8 Å². The van der Waals surface area contributed by atoms with Gasteiger partial charge in [-0.05, 0) is 166 Å². The molecule has 3 saturated heterocycles. The predicted molar refractivity (Wildman–Crippen MR) is 181 cm³/mol. The SMILES string of the molecule is CC(C)C1CCC2(CC1C1CC3(CNC3)C(C3CC(C(C)CC(C)C4CCC(O)CC4)CCC34COC4)CC1C)CN(C)C2. The minimum atomic E-state index is -0.0305. The maximum absolute atomic E-state index is 10.1. The highest BCUT2D eigenvalue weighted by molar-refractivity contribution is 5.12. The summed E-state index contributed by atoms with van der Waals surface area (Å²) in [5.74, 6) is 9.59. The van der Waals surface area contributed by atoms with Gasteiger partial charge >= 0.3 is 0 Å². The van der Waals surface area contributed by atoms with E-state index in [9.17, 15) is 5.11 Å². The molecular formula is C40H70N2O2. The van der Waals surface area contributed by atoms with Gasteiger partial charge in [0.25, 0.3) is 0 Å². The van der Waals surface area contributed by atoms with Gasteiger partial charge < -0.3 is 20.1 Å². The summed E-state index contributed by atoms with van der Waals surface area (Å²) in [5.41, 5.74) is 1.66. The van der Waals surface area contributed by atoms with Crippen molar-refractivity contribution in [2.75, 3.05) is 46.4 Å². The second-order valence-electron chi connectivity index (χ2n) is 19.4. The third-order valence-electron chi connectivity index (χ3n) is 16.3. The van der Waals surface area contributed by atoms with Crippen LogP contribution in [0.2, 0.25) is 0 Å². The first-order chi connectivity index (χ1) is 21.0. The van der Waals surface area contributed by atoms with Gasteiger partial charge in [-0.2, -0.15) is 0 Å². The largest absolute Gasteiger partial charge is 0.393 e. The molecule has 44 heavy (non-hydrogen) atoms. The van der Waals surface area contributed by atoms with E-state index in [1.807, 2.05) is 0 Å². The van der Waals surface area contributed by atoms with Gasteiger partial charge in [-0.1, -0.05) is 34.6 Å². The fourth-order valence-electron chi connectivity index (χ4n) is 13.6. The molecule has 4 aliphatic carbocycles. The van der Waals surface area contributed by atoms with Crippen molar-refractivity contribution in [3.63, 3.8) is 0 Å². The van der Waals surface area contributed by atoms with Crippen LogP contribution in [-0.4, -0.2) is 62.6 Å². The first kappa shape index (κ1) is 32.4. The van der Waals surface area contributed by atoms with Crippen molar-refractivity contribution in [3.8, 4) is 0 Å². The van der Waals surface area contributed by atoms with Crippen LogP contribution in [0.4, 0.5) is 0 Å². The fraction of sp³-hybridized carbons (Fsp3) is 1.00. The van der Waals surface area contributed by atoms with Gasteiger partial charge in [0.15, 0.2) is 0 Å². The van der Waals surface area contributed by atoms with E-state index >= 15 is 0 Å². The second kappa shape index (κ2) is 12.4. The number of ether oxygens (including phenoxy) is 1. The van der Waals surface area contributed by atoms with Crippen molar-refractivity contribution < 1.29 is 9.84 Å². The molecule has 7 rings (SSSR count). The molecule has 9 atom stereocenters. The van der Waals surface area contributed by atoms with Crippen LogP contribution in [0.1, 0.15) is 118 Å². The van der Waals surface area contributed by atoms with Crippen molar-refractivity contribution in [2.24, 2.45) is 81.3 Å². The third kappa shape index (κ3) is 5.78. The van der Waals surface area contributed by atoms with Gasteiger partial charge in [0.05, 0.1) is 19.3 Å². The molecule has 0 aromatic rings. The van der Waals surface area contributed by atoms with Crippen LogP contribution in [0.5, 0.6) is 0 Å². The smallest absolute Gasteiger partial charge is 0.0547 e. The first-order valence-electron chi connectivity index (χ1n) is 19.7. The molecule has 0 aromatic heterocycles. The molecule has 0 bridgehead atoms. The Labute approximate surface area is 271 Å². The van der Waals surface area contributed by atoms with Gasteiger partial charge in [-0.15, -0.1) is 0 Å². The number of nitrogens with one attached hydrogen (secondary N) is 1. The van der Waals surface area contributed by atoms with Crippen LogP contribution in [0.25, 0.3) is 0 Å². The summed E-state index contributed by atoms with van der Waals surface area (Å²) in [7, 11) is 2.35. The zero-order valence-corrected chi connectivity index (χ0v) is 29.7. The zero-order chi connectivity index (χ0) is 30.9. The third-order valence-corrected chi connectivity index (χ3v) is 16.3. The standard InChI is InChI=1S/C40H70N2O2/c1-26(2)33-12-13-38(22-42(6)23-38)18-35(33)34-19-40(20-41-21-40)36(16-29(34)5)37-17-31(11-14-39(37)24-44-25-39)28(4)15-27(3)30-7-9-32(43)10-8-30/h26-37,41,43H,7-25H2,1-6H3. The van der Waals surface area contributed by atoms with E-state index in [2.05, 4.69) is 51.9 Å². The van der Waals surface area contributed by atoms with Gasteiger partial charge in [0.1, 0.15) is 0 Å². The number of likely N-dealkylation sites (tertiary alicyclic amines) is 1. The Hall–Kier alpha value is -0.160. The summed E-state index contributed by atoms with van der Waals surface area (Å²) in [4.78, 5) is 2.59. The van der Waals surface area contributed by atoms with Crippen molar-refractivity contribution >= 4 is 0 Å². The van der Waals surface area contributed by atoms with Crippen LogP contribution in [0.3, 0.4) is 0 Å². The second-order valence-corrected chi connectivity index (χ2v) is 19.4. The lowest BCUT2D eigenvalue weighted by Crippen LogP contribution is -2.67. The molecule has 0 aromatic carbocycles. The summed E-state index contributed by atoms with van der Waals surface area (Å²) < 4.78 is 6.10. The molecule has 2 N–H and O–H groups in total. The van der Waals surface area contributed by atoms with E-state index in [4.69, 9.17) is 4.74 Å². The molecule has 7 fully saturated rings.